The molecule has 0 fully saturated rings. The van der Waals surface area contributed by atoms with Gasteiger partial charge in [0.25, 0.3) is 0 Å². The largest absolute Gasteiger partial charge is 0.480 e. The number of carboxylic acids is 1. The minimum absolute atomic E-state index is 0.463. The maximum Gasteiger partial charge on any atom is 0.403 e. The molecule has 1 unspecified atom stereocenters. The van der Waals surface area contributed by atoms with Crippen molar-refractivity contribution in [2.75, 3.05) is 13.7 Å². The molecule has 4 N–H and O–H groups in total. The lowest BCUT2D eigenvalue weighted by Gasteiger charge is -2.21. The van der Waals surface area contributed by atoms with Crippen LogP contribution in [0, 0.1) is 12.3 Å². The number of aliphatic hydroxyl groups excluding tert-OH is 1. The fourth-order valence-corrected chi connectivity index (χ4v) is 1.93. The first-order valence-corrected chi connectivity index (χ1v) is 6.46. The van der Waals surface area contributed by atoms with Gasteiger partial charge in [0.1, 0.15) is 18.2 Å². The molecule has 0 heterocycles. The Bertz CT molecular complexity index is 366. The van der Waals surface area contributed by atoms with E-state index in [0.717, 1.165) is 0 Å². The summed E-state index contributed by atoms with van der Waals surface area (Å²) in [5.41, 5.74) is 0. The van der Waals surface area contributed by atoms with Crippen molar-refractivity contribution in [3.63, 3.8) is 0 Å². The number of ether oxygens (including phenoxy) is 1. The molecule has 0 amide bonds. The summed E-state index contributed by atoms with van der Waals surface area (Å²) in [7, 11) is -3.07. The van der Waals surface area contributed by atoms with Crippen LogP contribution in [0.4, 0.5) is 0 Å². The Balaban J connectivity index is 4.38. The number of carboxylic acid groups (broad SMARTS) is 1. The molecule has 18 heavy (non-hydrogen) atoms. The summed E-state index contributed by atoms with van der Waals surface area (Å²) in [6.07, 6.45) is 2.66. The van der Waals surface area contributed by atoms with Crippen LogP contribution in [0.2, 0.25) is 0 Å². The van der Waals surface area contributed by atoms with Gasteiger partial charge in [-0.25, -0.2) is 9.65 Å². The van der Waals surface area contributed by atoms with Crippen molar-refractivity contribution < 1.29 is 33.7 Å². The Morgan fingerprint density at radius 2 is 2.17 bits per heavy atom. The van der Waals surface area contributed by atoms with Crippen molar-refractivity contribution in [3.8, 4) is 12.3 Å². The van der Waals surface area contributed by atoms with E-state index in [9.17, 15) is 19.4 Å². The van der Waals surface area contributed by atoms with Crippen LogP contribution in [0.5, 0.6) is 0 Å². The van der Waals surface area contributed by atoms with Gasteiger partial charge in [-0.3, -0.25) is 9.32 Å². The first-order chi connectivity index (χ1) is 8.23. The predicted molar refractivity (Wildman–Crippen MR) is 61.6 cm³/mol. The van der Waals surface area contributed by atoms with Gasteiger partial charge >= 0.3 is 13.7 Å². The molecular weight excluding hydrogens is 265 g/mol. The summed E-state index contributed by atoms with van der Waals surface area (Å²) in [6.45, 7) is 0.716. The third kappa shape index (κ3) is 6.12. The van der Waals surface area contributed by atoms with Crippen LogP contribution < -0.4 is 5.09 Å². The zero-order chi connectivity index (χ0) is 14.3. The monoisotopic (exact) mass is 281 g/mol. The third-order valence-corrected chi connectivity index (χ3v) is 3.18. The van der Waals surface area contributed by atoms with Crippen LogP contribution in [-0.2, 0) is 18.6 Å². The summed E-state index contributed by atoms with van der Waals surface area (Å²) < 4.78 is 20.8. The summed E-state index contributed by atoms with van der Waals surface area (Å²) in [5, 5.41) is 19.7. The number of aliphatic carboxylic acids is 1. The van der Waals surface area contributed by atoms with Gasteiger partial charge in [0, 0.05) is 7.11 Å². The highest BCUT2D eigenvalue weighted by Crippen LogP contribution is 2.37. The van der Waals surface area contributed by atoms with Crippen LogP contribution in [0.15, 0.2) is 0 Å². The van der Waals surface area contributed by atoms with Crippen molar-refractivity contribution in [2.24, 2.45) is 0 Å². The Morgan fingerprint density at radius 3 is 2.56 bits per heavy atom. The molecule has 9 heteroatoms. The highest BCUT2D eigenvalue weighted by atomic mass is 31.2. The number of hydrogen-bond donors (Lipinski definition) is 4. The van der Waals surface area contributed by atoms with Crippen LogP contribution in [0.1, 0.15) is 6.92 Å². The Morgan fingerprint density at radius 1 is 1.61 bits per heavy atom. The Kier molecular flexibility index (Phi) is 7.09. The predicted octanol–water partition coefficient (Wildman–Crippen LogP) is -0.825. The number of nitrogens with one attached hydrogen (secondary N) is 1. The van der Waals surface area contributed by atoms with Crippen LogP contribution in [0.25, 0.3) is 0 Å². The summed E-state index contributed by atoms with van der Waals surface area (Å²) in [5.74, 6) is 0.670. The van der Waals surface area contributed by atoms with E-state index in [-0.39, 0.29) is 0 Å². The van der Waals surface area contributed by atoms with E-state index in [1.54, 1.807) is 0 Å². The summed E-state index contributed by atoms with van der Waals surface area (Å²) >= 11 is 0. The van der Waals surface area contributed by atoms with Gasteiger partial charge in [0.15, 0.2) is 0 Å². The van der Waals surface area contributed by atoms with E-state index in [0.29, 0.717) is 0 Å². The SMILES string of the molecule is C#C[C@H](O)[C@@H](COP(=O)(O)N[C@@H](C)C(=O)O)OC. The zero-order valence-corrected chi connectivity index (χ0v) is 10.8. The van der Waals surface area contributed by atoms with Crippen molar-refractivity contribution >= 4 is 13.7 Å². The highest BCUT2D eigenvalue weighted by molar-refractivity contribution is 7.50. The second-order valence-electron chi connectivity index (χ2n) is 3.39. The molecule has 104 valence electrons. The van der Waals surface area contributed by atoms with E-state index < -0.39 is 38.6 Å². The van der Waals surface area contributed by atoms with Gasteiger partial charge in [0.2, 0.25) is 0 Å². The molecule has 0 bridgehead atoms. The van der Waals surface area contributed by atoms with Gasteiger partial charge in [-0.2, -0.15) is 0 Å². The minimum atomic E-state index is -4.31. The standard InChI is InChI=1S/C9H16NO7P/c1-4-7(11)8(16-3)5-17-18(14,15)10-6(2)9(12)13/h1,6-8,11H,5H2,2-3H3,(H,12,13)(H2,10,14,15)/t6-,7-,8+/m0/s1. The lowest BCUT2D eigenvalue weighted by atomic mass is 10.2. The fourth-order valence-electron chi connectivity index (χ4n) is 0.907. The second-order valence-corrected chi connectivity index (χ2v) is 4.95. The van der Waals surface area contributed by atoms with E-state index in [4.69, 9.17) is 16.3 Å². The number of terminal acetylenes is 1. The molecule has 8 nitrogen and oxygen atoms in total. The number of hydrogen-bond acceptors (Lipinski definition) is 5. The Labute approximate surface area is 104 Å². The number of carbonyl (C=O) groups is 1. The van der Waals surface area contributed by atoms with Gasteiger partial charge in [-0.05, 0) is 6.92 Å². The normalized spacial score (nSPS) is 19.3. The summed E-state index contributed by atoms with van der Waals surface area (Å²) in [4.78, 5) is 19.8. The average Bonchev–Trinajstić information content (AvgIpc) is 2.28. The molecule has 0 spiro atoms. The molecule has 0 aromatic heterocycles. The first-order valence-electron chi connectivity index (χ1n) is 4.88. The minimum Gasteiger partial charge on any atom is -0.480 e. The van der Waals surface area contributed by atoms with Crippen molar-refractivity contribution in [3.05, 3.63) is 0 Å². The number of methoxy groups -OCH3 is 1. The summed E-state index contributed by atoms with van der Waals surface area (Å²) in [6, 6.07) is -1.26. The first kappa shape index (κ1) is 17.1. The average molecular weight is 281 g/mol. The molecular formula is C9H16NO7P. The molecule has 4 atom stereocenters. The maximum absolute atomic E-state index is 11.4. The van der Waals surface area contributed by atoms with Crippen molar-refractivity contribution in [2.45, 2.75) is 25.2 Å². The molecule has 0 aromatic rings. The lowest BCUT2D eigenvalue weighted by Crippen LogP contribution is -2.35. The van der Waals surface area contributed by atoms with Gasteiger partial charge in [-0.1, -0.05) is 5.92 Å². The molecule has 0 saturated heterocycles. The van der Waals surface area contributed by atoms with E-state index in [2.05, 4.69) is 4.52 Å². The number of rotatable bonds is 8. The Hall–Kier alpha value is -0.940. The number of aliphatic hydroxyl groups is 1. The van der Waals surface area contributed by atoms with Gasteiger partial charge in [-0.15, -0.1) is 6.42 Å². The van der Waals surface area contributed by atoms with E-state index in [1.165, 1.54) is 14.0 Å². The molecule has 0 aliphatic carbocycles. The molecule has 0 aliphatic rings. The van der Waals surface area contributed by atoms with Gasteiger partial charge in [0.05, 0.1) is 6.61 Å². The van der Waals surface area contributed by atoms with E-state index >= 15 is 0 Å². The smallest absolute Gasteiger partial charge is 0.403 e. The fraction of sp³-hybridized carbons (Fsp3) is 0.667. The maximum atomic E-state index is 11.4. The highest BCUT2D eigenvalue weighted by Gasteiger charge is 2.28. The topological polar surface area (TPSA) is 125 Å². The van der Waals surface area contributed by atoms with E-state index in [1.807, 2.05) is 11.0 Å². The molecule has 0 saturated carbocycles. The van der Waals surface area contributed by atoms with Crippen molar-refractivity contribution in [1.29, 1.82) is 0 Å². The van der Waals surface area contributed by atoms with Crippen molar-refractivity contribution in [1.82, 2.24) is 5.09 Å². The third-order valence-electron chi connectivity index (χ3n) is 1.97. The lowest BCUT2D eigenvalue weighted by molar-refractivity contribution is -0.138. The van der Waals surface area contributed by atoms with Crippen LogP contribution in [0.3, 0.4) is 0 Å². The molecule has 0 rings (SSSR count). The molecule has 0 radical (unpaired) electrons. The zero-order valence-electron chi connectivity index (χ0n) is 9.94. The van der Waals surface area contributed by atoms with Crippen LogP contribution in [-0.4, -0.2) is 53.0 Å². The van der Waals surface area contributed by atoms with Gasteiger partial charge < -0.3 is 19.8 Å². The van der Waals surface area contributed by atoms with Crippen LogP contribution >= 0.6 is 7.75 Å². The molecule has 0 aliphatic heterocycles. The quantitative estimate of drug-likeness (QED) is 0.336. The molecule has 0 aromatic carbocycles. The second kappa shape index (κ2) is 7.48.